The smallest absolute Gasteiger partial charge is 0.225 e. The zero-order chi connectivity index (χ0) is 9.73. The fourth-order valence-corrected chi connectivity index (χ4v) is 2.25. The molecule has 13 heavy (non-hydrogen) atoms. The molecular formula is C10H18INO. The summed E-state index contributed by atoms with van der Waals surface area (Å²) >= 11 is 2.33. The number of carbonyl (C=O) groups is 1. The van der Waals surface area contributed by atoms with Gasteiger partial charge >= 0.3 is 0 Å². The van der Waals surface area contributed by atoms with Gasteiger partial charge in [0.05, 0.1) is 0 Å². The molecule has 0 aliphatic heterocycles. The van der Waals surface area contributed by atoms with E-state index >= 15 is 0 Å². The summed E-state index contributed by atoms with van der Waals surface area (Å²) in [5.74, 6) is 0.273. The quantitative estimate of drug-likeness (QED) is 0.482. The summed E-state index contributed by atoms with van der Waals surface area (Å²) in [4.78, 5) is 11.7. The molecule has 1 saturated carbocycles. The highest BCUT2D eigenvalue weighted by Crippen LogP contribution is 2.37. The third-order valence-electron chi connectivity index (χ3n) is 2.85. The van der Waals surface area contributed by atoms with E-state index in [4.69, 9.17) is 0 Å². The molecule has 0 radical (unpaired) electrons. The lowest BCUT2D eigenvalue weighted by molar-refractivity contribution is -0.129. The molecule has 1 aliphatic carbocycles. The Morgan fingerprint density at radius 2 is 2.08 bits per heavy atom. The molecule has 0 atom stereocenters. The van der Waals surface area contributed by atoms with E-state index in [-0.39, 0.29) is 11.3 Å². The van der Waals surface area contributed by atoms with E-state index in [2.05, 4.69) is 34.8 Å². The van der Waals surface area contributed by atoms with E-state index in [1.807, 2.05) is 0 Å². The maximum absolute atomic E-state index is 11.7. The fraction of sp³-hybridized carbons (Fsp3) is 0.900. The first-order chi connectivity index (χ1) is 6.19. The molecule has 0 bridgehead atoms. The fourth-order valence-electron chi connectivity index (χ4n) is 1.86. The Morgan fingerprint density at radius 1 is 1.46 bits per heavy atom. The Kier molecular flexibility index (Phi) is 4.49. The topological polar surface area (TPSA) is 29.1 Å². The summed E-state index contributed by atoms with van der Waals surface area (Å²) < 4.78 is 1.12. The lowest BCUT2D eigenvalue weighted by Crippen LogP contribution is -2.37. The second-order valence-electron chi connectivity index (χ2n) is 4.07. The zero-order valence-electron chi connectivity index (χ0n) is 8.24. The number of amides is 1. The first-order valence-corrected chi connectivity index (χ1v) is 6.56. The molecule has 0 heterocycles. The van der Waals surface area contributed by atoms with E-state index in [1.54, 1.807) is 0 Å². The van der Waals surface area contributed by atoms with Gasteiger partial charge in [-0.25, -0.2) is 0 Å². The van der Waals surface area contributed by atoms with Crippen LogP contribution >= 0.6 is 22.6 Å². The molecule has 1 fully saturated rings. The standard InChI is InChI=1S/C10H18INO/c1-10(5-2-3-6-10)9(13)12-8-4-7-11/h2-8H2,1H3,(H,12,13). The van der Waals surface area contributed by atoms with Gasteiger partial charge < -0.3 is 5.32 Å². The molecule has 1 rings (SSSR count). The predicted molar refractivity (Wildman–Crippen MR) is 63.1 cm³/mol. The Bertz CT molecular complexity index is 176. The molecule has 1 aliphatic rings. The zero-order valence-corrected chi connectivity index (χ0v) is 10.4. The average Bonchev–Trinajstić information content (AvgIpc) is 2.54. The van der Waals surface area contributed by atoms with Gasteiger partial charge in [0, 0.05) is 16.4 Å². The van der Waals surface area contributed by atoms with E-state index in [9.17, 15) is 4.79 Å². The molecular weight excluding hydrogens is 277 g/mol. The van der Waals surface area contributed by atoms with Gasteiger partial charge in [0.1, 0.15) is 0 Å². The molecule has 1 amide bonds. The first-order valence-electron chi connectivity index (χ1n) is 5.03. The molecule has 3 heteroatoms. The van der Waals surface area contributed by atoms with Crippen LogP contribution in [0.2, 0.25) is 0 Å². The Labute approximate surface area is 94.0 Å². The van der Waals surface area contributed by atoms with Crippen molar-refractivity contribution in [2.45, 2.75) is 39.0 Å². The molecule has 76 valence electrons. The van der Waals surface area contributed by atoms with Crippen LogP contribution in [0, 0.1) is 5.41 Å². The van der Waals surface area contributed by atoms with Gasteiger partial charge in [-0.3, -0.25) is 4.79 Å². The first kappa shape index (κ1) is 11.3. The lowest BCUT2D eigenvalue weighted by Gasteiger charge is -2.21. The van der Waals surface area contributed by atoms with E-state index in [0.717, 1.165) is 30.2 Å². The molecule has 0 aromatic rings. The van der Waals surface area contributed by atoms with Crippen LogP contribution in [-0.2, 0) is 4.79 Å². The average molecular weight is 295 g/mol. The molecule has 0 saturated heterocycles. The summed E-state index contributed by atoms with van der Waals surface area (Å²) in [7, 11) is 0. The van der Waals surface area contributed by atoms with Gasteiger partial charge in [-0.05, 0) is 19.3 Å². The maximum Gasteiger partial charge on any atom is 0.225 e. The Balaban J connectivity index is 2.29. The van der Waals surface area contributed by atoms with Crippen molar-refractivity contribution in [3.8, 4) is 0 Å². The second-order valence-corrected chi connectivity index (χ2v) is 5.14. The number of rotatable bonds is 4. The summed E-state index contributed by atoms with van der Waals surface area (Å²) in [5, 5.41) is 3.02. The largest absolute Gasteiger partial charge is 0.356 e. The normalized spacial score (nSPS) is 20.2. The van der Waals surface area contributed by atoms with Crippen LogP contribution < -0.4 is 5.32 Å². The lowest BCUT2D eigenvalue weighted by atomic mass is 9.88. The van der Waals surface area contributed by atoms with Crippen LogP contribution in [0.3, 0.4) is 0 Å². The van der Waals surface area contributed by atoms with Crippen molar-refractivity contribution in [1.82, 2.24) is 5.32 Å². The van der Waals surface area contributed by atoms with Crippen molar-refractivity contribution in [2.75, 3.05) is 11.0 Å². The number of nitrogens with one attached hydrogen (secondary N) is 1. The van der Waals surface area contributed by atoms with Crippen LogP contribution in [-0.4, -0.2) is 16.9 Å². The van der Waals surface area contributed by atoms with Crippen molar-refractivity contribution in [1.29, 1.82) is 0 Å². The number of halogens is 1. The summed E-state index contributed by atoms with van der Waals surface area (Å²) in [5.41, 5.74) is -0.0503. The van der Waals surface area contributed by atoms with Crippen molar-refractivity contribution in [3.63, 3.8) is 0 Å². The highest BCUT2D eigenvalue weighted by atomic mass is 127. The van der Waals surface area contributed by atoms with E-state index < -0.39 is 0 Å². The summed E-state index contributed by atoms with van der Waals surface area (Å²) in [6.45, 7) is 2.94. The van der Waals surface area contributed by atoms with Crippen LogP contribution in [0.4, 0.5) is 0 Å². The van der Waals surface area contributed by atoms with Gasteiger partial charge in [0.2, 0.25) is 5.91 Å². The second kappa shape index (κ2) is 5.17. The van der Waals surface area contributed by atoms with Gasteiger partial charge in [-0.15, -0.1) is 0 Å². The minimum absolute atomic E-state index is 0.0503. The monoisotopic (exact) mass is 295 g/mol. The predicted octanol–water partition coefficient (Wildman–Crippen LogP) is 2.51. The van der Waals surface area contributed by atoms with Crippen LogP contribution in [0.15, 0.2) is 0 Å². The molecule has 0 unspecified atom stereocenters. The molecule has 1 N–H and O–H groups in total. The van der Waals surface area contributed by atoms with Crippen molar-refractivity contribution < 1.29 is 4.79 Å². The Hall–Kier alpha value is 0.200. The number of alkyl halides is 1. The SMILES string of the molecule is CC1(C(=O)NCCCI)CCCC1. The van der Waals surface area contributed by atoms with Crippen LogP contribution in [0.25, 0.3) is 0 Å². The molecule has 0 aromatic carbocycles. The number of carbonyl (C=O) groups excluding carboxylic acids is 1. The van der Waals surface area contributed by atoms with E-state index in [1.165, 1.54) is 12.8 Å². The number of hydrogen-bond donors (Lipinski definition) is 1. The third kappa shape index (κ3) is 3.11. The summed E-state index contributed by atoms with van der Waals surface area (Å²) in [6.07, 6.45) is 5.67. The van der Waals surface area contributed by atoms with Gasteiger partial charge in [-0.1, -0.05) is 42.4 Å². The van der Waals surface area contributed by atoms with Crippen molar-refractivity contribution in [2.24, 2.45) is 5.41 Å². The van der Waals surface area contributed by atoms with Crippen LogP contribution in [0.1, 0.15) is 39.0 Å². The third-order valence-corrected chi connectivity index (χ3v) is 3.61. The minimum Gasteiger partial charge on any atom is -0.356 e. The van der Waals surface area contributed by atoms with Crippen molar-refractivity contribution in [3.05, 3.63) is 0 Å². The molecule has 0 spiro atoms. The van der Waals surface area contributed by atoms with Gasteiger partial charge in [0.15, 0.2) is 0 Å². The Morgan fingerprint density at radius 3 is 2.62 bits per heavy atom. The molecule has 2 nitrogen and oxygen atoms in total. The van der Waals surface area contributed by atoms with E-state index in [0.29, 0.717) is 0 Å². The summed E-state index contributed by atoms with van der Waals surface area (Å²) in [6, 6.07) is 0. The number of hydrogen-bond acceptors (Lipinski definition) is 1. The van der Waals surface area contributed by atoms with Gasteiger partial charge in [-0.2, -0.15) is 0 Å². The van der Waals surface area contributed by atoms with Crippen molar-refractivity contribution >= 4 is 28.5 Å². The van der Waals surface area contributed by atoms with Gasteiger partial charge in [0.25, 0.3) is 0 Å². The highest BCUT2D eigenvalue weighted by Gasteiger charge is 2.35. The van der Waals surface area contributed by atoms with Crippen LogP contribution in [0.5, 0.6) is 0 Å². The maximum atomic E-state index is 11.7. The molecule has 0 aromatic heterocycles. The highest BCUT2D eigenvalue weighted by molar-refractivity contribution is 14.1. The minimum atomic E-state index is -0.0503.